The Balaban J connectivity index is 2.53. The van der Waals surface area contributed by atoms with Crippen molar-refractivity contribution < 1.29 is 4.92 Å². The molecule has 0 fully saturated rings. The highest BCUT2D eigenvalue weighted by Gasteiger charge is 2.15. The number of fused-ring (bicyclic) bond motifs is 1. The van der Waals surface area contributed by atoms with Crippen molar-refractivity contribution in [3.63, 3.8) is 0 Å². The quantitative estimate of drug-likeness (QED) is 0.453. The number of hydrogen-bond donors (Lipinski definition) is 0. The Morgan fingerprint density at radius 2 is 2.23 bits per heavy atom. The van der Waals surface area contributed by atoms with Crippen LogP contribution in [0.25, 0.3) is 3.58 Å². The highest BCUT2D eigenvalue weighted by atomic mass is 127. The van der Waals surface area contributed by atoms with Crippen LogP contribution >= 0.6 is 22.6 Å². The van der Waals surface area contributed by atoms with Crippen molar-refractivity contribution in [2.24, 2.45) is 0 Å². The van der Waals surface area contributed by atoms with Crippen LogP contribution in [0.4, 0.5) is 5.69 Å². The molecule has 2 rings (SSSR count). The summed E-state index contributed by atoms with van der Waals surface area (Å²) in [6, 6.07) is 5.03. The Hall–Kier alpha value is -0.910. The van der Waals surface area contributed by atoms with Crippen LogP contribution < -0.4 is 0 Å². The summed E-state index contributed by atoms with van der Waals surface area (Å²) in [4.78, 5) is 10.1. The summed E-state index contributed by atoms with van der Waals surface area (Å²) in [6.45, 7) is 0. The summed E-state index contributed by atoms with van der Waals surface area (Å²) >= 11 is 2.20. The molecular weight excluding hydrogens is 281 g/mol. The third kappa shape index (κ3) is 1.46. The lowest BCUT2D eigenvalue weighted by Crippen LogP contribution is -1.90. The number of halogens is 1. The second kappa shape index (κ2) is 3.10. The van der Waals surface area contributed by atoms with Crippen molar-refractivity contribution in [1.29, 1.82) is 0 Å². The average Bonchev–Trinajstić information content (AvgIpc) is 2.47. The number of rotatable bonds is 1. The monoisotopic (exact) mass is 287 g/mol. The number of nitrogens with zero attached hydrogens (tertiary/aromatic N) is 1. The number of nitro groups is 1. The van der Waals surface area contributed by atoms with E-state index in [0.717, 1.165) is 15.6 Å². The van der Waals surface area contributed by atoms with Gasteiger partial charge in [-0.05, 0) is 40.1 Å². The van der Waals surface area contributed by atoms with E-state index in [1.165, 1.54) is 5.56 Å². The molecule has 4 heteroatoms. The van der Waals surface area contributed by atoms with Crippen molar-refractivity contribution in [3.8, 4) is 0 Å². The molecule has 13 heavy (non-hydrogen) atoms. The van der Waals surface area contributed by atoms with Gasteiger partial charge in [-0.25, -0.2) is 0 Å². The zero-order valence-corrected chi connectivity index (χ0v) is 8.82. The van der Waals surface area contributed by atoms with Gasteiger partial charge in [-0.2, -0.15) is 0 Å². The zero-order chi connectivity index (χ0) is 9.42. The molecule has 0 N–H and O–H groups in total. The minimum atomic E-state index is -0.359. The highest BCUT2D eigenvalue weighted by Crippen LogP contribution is 2.34. The van der Waals surface area contributed by atoms with E-state index >= 15 is 0 Å². The lowest BCUT2D eigenvalue weighted by molar-refractivity contribution is -0.384. The Labute approximate surface area is 88.7 Å². The second-order valence-corrected chi connectivity index (χ2v) is 4.02. The molecule has 1 aromatic rings. The summed E-state index contributed by atoms with van der Waals surface area (Å²) in [7, 11) is 0. The fraction of sp³-hybridized carbons (Fsp3) is 0.111. The van der Waals surface area contributed by atoms with Crippen LogP contribution in [0.1, 0.15) is 11.1 Å². The van der Waals surface area contributed by atoms with Gasteiger partial charge < -0.3 is 0 Å². The molecule has 0 saturated heterocycles. The molecule has 0 bridgehead atoms. The van der Waals surface area contributed by atoms with E-state index in [9.17, 15) is 10.1 Å². The molecule has 0 heterocycles. The van der Waals surface area contributed by atoms with Gasteiger partial charge in [0.25, 0.3) is 5.69 Å². The maximum atomic E-state index is 10.5. The van der Waals surface area contributed by atoms with Crippen molar-refractivity contribution in [2.45, 2.75) is 6.42 Å². The normalized spacial score (nSPS) is 13.8. The van der Waals surface area contributed by atoms with Crippen LogP contribution in [0.2, 0.25) is 0 Å². The summed E-state index contributed by atoms with van der Waals surface area (Å²) in [5.74, 6) is 0. The van der Waals surface area contributed by atoms with Crippen molar-refractivity contribution in [2.75, 3.05) is 0 Å². The smallest absolute Gasteiger partial charge is 0.258 e. The molecule has 0 amide bonds. The highest BCUT2D eigenvalue weighted by molar-refractivity contribution is 14.1. The van der Waals surface area contributed by atoms with E-state index in [1.54, 1.807) is 12.1 Å². The molecule has 0 spiro atoms. The van der Waals surface area contributed by atoms with Gasteiger partial charge in [-0.3, -0.25) is 10.1 Å². The molecule has 1 aliphatic rings. The first-order chi connectivity index (χ1) is 6.18. The molecule has 0 aromatic heterocycles. The van der Waals surface area contributed by atoms with Gasteiger partial charge in [0.2, 0.25) is 0 Å². The van der Waals surface area contributed by atoms with E-state index in [0.29, 0.717) is 0 Å². The minimum Gasteiger partial charge on any atom is -0.258 e. The topological polar surface area (TPSA) is 43.1 Å². The first-order valence-electron chi connectivity index (χ1n) is 3.82. The Kier molecular flexibility index (Phi) is 2.07. The molecule has 0 atom stereocenters. The van der Waals surface area contributed by atoms with Crippen LogP contribution in [0.5, 0.6) is 0 Å². The SMILES string of the molecule is O=[N+]([O-])c1ccc2c(c1)C(I)=CC2. The fourth-order valence-corrected chi connectivity index (χ4v) is 2.11. The van der Waals surface area contributed by atoms with E-state index in [4.69, 9.17) is 0 Å². The number of benzene rings is 1. The number of allylic oxidation sites excluding steroid dienone is 1. The van der Waals surface area contributed by atoms with Crippen LogP contribution in [-0.4, -0.2) is 4.92 Å². The first kappa shape index (κ1) is 8.68. The average molecular weight is 287 g/mol. The largest absolute Gasteiger partial charge is 0.270 e. The van der Waals surface area contributed by atoms with E-state index in [2.05, 4.69) is 28.7 Å². The molecule has 0 radical (unpaired) electrons. The predicted molar refractivity (Wildman–Crippen MR) is 58.8 cm³/mol. The molecule has 1 aromatic carbocycles. The third-order valence-corrected chi connectivity index (χ3v) is 3.08. The third-order valence-electron chi connectivity index (χ3n) is 2.06. The lowest BCUT2D eigenvalue weighted by Gasteiger charge is -1.99. The standard InChI is InChI=1S/C9H6INO2/c10-9-4-2-6-1-3-7(11(12)13)5-8(6)9/h1,3-5H,2H2. The van der Waals surface area contributed by atoms with Gasteiger partial charge in [-0.15, -0.1) is 0 Å². The molecule has 0 saturated carbocycles. The number of nitro benzene ring substituents is 1. The number of hydrogen-bond acceptors (Lipinski definition) is 2. The zero-order valence-electron chi connectivity index (χ0n) is 6.66. The fourth-order valence-electron chi connectivity index (χ4n) is 1.39. The van der Waals surface area contributed by atoms with Crippen molar-refractivity contribution in [1.82, 2.24) is 0 Å². The van der Waals surface area contributed by atoms with Crippen LogP contribution in [0.15, 0.2) is 24.3 Å². The van der Waals surface area contributed by atoms with Gasteiger partial charge in [0.05, 0.1) is 4.92 Å². The maximum Gasteiger partial charge on any atom is 0.270 e. The molecular formula is C9H6INO2. The molecule has 0 unspecified atom stereocenters. The lowest BCUT2D eigenvalue weighted by atomic mass is 10.1. The van der Waals surface area contributed by atoms with E-state index < -0.39 is 0 Å². The van der Waals surface area contributed by atoms with Gasteiger partial charge in [0.15, 0.2) is 0 Å². The van der Waals surface area contributed by atoms with Crippen LogP contribution in [0.3, 0.4) is 0 Å². The van der Waals surface area contributed by atoms with Crippen molar-refractivity contribution >= 4 is 31.9 Å². The molecule has 1 aliphatic carbocycles. The summed E-state index contributed by atoms with van der Waals surface area (Å²) < 4.78 is 1.11. The van der Waals surface area contributed by atoms with Gasteiger partial charge in [0, 0.05) is 15.7 Å². The second-order valence-electron chi connectivity index (χ2n) is 2.85. The Bertz CT molecular complexity index is 412. The summed E-state index contributed by atoms with van der Waals surface area (Å²) in [6.07, 6.45) is 2.97. The van der Waals surface area contributed by atoms with Gasteiger partial charge in [-0.1, -0.05) is 12.1 Å². The van der Waals surface area contributed by atoms with Crippen LogP contribution in [0, 0.1) is 10.1 Å². The van der Waals surface area contributed by atoms with Gasteiger partial charge >= 0.3 is 0 Å². The Morgan fingerprint density at radius 1 is 1.46 bits per heavy atom. The van der Waals surface area contributed by atoms with E-state index in [1.807, 2.05) is 6.07 Å². The predicted octanol–water partition coefficient (Wildman–Crippen LogP) is 2.93. The molecule has 3 nitrogen and oxygen atoms in total. The minimum absolute atomic E-state index is 0.170. The maximum absolute atomic E-state index is 10.5. The number of non-ortho nitro benzene ring substituents is 1. The summed E-state index contributed by atoms with van der Waals surface area (Å²) in [5.41, 5.74) is 2.35. The Morgan fingerprint density at radius 3 is 2.92 bits per heavy atom. The van der Waals surface area contributed by atoms with E-state index in [-0.39, 0.29) is 10.6 Å². The van der Waals surface area contributed by atoms with Crippen molar-refractivity contribution in [3.05, 3.63) is 45.5 Å². The molecule has 0 aliphatic heterocycles. The van der Waals surface area contributed by atoms with Gasteiger partial charge in [0.1, 0.15) is 0 Å². The van der Waals surface area contributed by atoms with Crippen LogP contribution in [-0.2, 0) is 6.42 Å². The molecule has 66 valence electrons. The first-order valence-corrected chi connectivity index (χ1v) is 4.89. The summed E-state index contributed by atoms with van der Waals surface area (Å²) in [5, 5.41) is 10.5.